The van der Waals surface area contributed by atoms with Crippen LogP contribution in [0.1, 0.15) is 35.1 Å². The minimum atomic E-state index is -0.423. The van der Waals surface area contributed by atoms with E-state index in [0.29, 0.717) is 5.82 Å². The van der Waals surface area contributed by atoms with E-state index in [0.717, 1.165) is 74.3 Å². The zero-order valence-electron chi connectivity index (χ0n) is 29.5. The molecule has 0 fully saturated rings. The number of fused-ring (bicyclic) bond motifs is 9. The Morgan fingerprint density at radius 1 is 0.500 bits per heavy atom. The van der Waals surface area contributed by atoms with Gasteiger partial charge in [-0.05, 0) is 75.2 Å². The fourth-order valence-corrected chi connectivity index (χ4v) is 9.18. The Kier molecular flexibility index (Phi) is 6.90. The van der Waals surface area contributed by atoms with Crippen molar-refractivity contribution in [1.29, 1.82) is 0 Å². The van der Waals surface area contributed by atoms with E-state index in [-0.39, 0.29) is 0 Å². The van der Waals surface area contributed by atoms with E-state index in [9.17, 15) is 0 Å². The second kappa shape index (κ2) is 12.1. The van der Waals surface area contributed by atoms with E-state index in [1.807, 2.05) is 24.3 Å². The summed E-state index contributed by atoms with van der Waals surface area (Å²) in [7, 11) is 0. The SMILES string of the molecule is C1=CC2=C(CC1)C1(c3ccccc3Oc3cc(-c4ccc5ccccc5c4-c4cc(-c5ccccc5)nc(-c5ccccc5)n4)ccc31)c1ccccc12. The molecule has 0 bridgehead atoms. The monoisotopic (exact) mass is 690 g/mol. The Balaban J connectivity index is 1.16. The van der Waals surface area contributed by atoms with Gasteiger partial charge in [-0.15, -0.1) is 0 Å². The molecule has 0 radical (unpaired) electrons. The lowest BCUT2D eigenvalue weighted by molar-refractivity contribution is 0.432. The topological polar surface area (TPSA) is 35.0 Å². The number of para-hydroxylation sites is 1. The largest absolute Gasteiger partial charge is 0.457 e. The van der Waals surface area contributed by atoms with Gasteiger partial charge in [-0.2, -0.15) is 0 Å². The summed E-state index contributed by atoms with van der Waals surface area (Å²) in [6.45, 7) is 0. The highest BCUT2D eigenvalue weighted by atomic mass is 16.5. The first-order valence-electron chi connectivity index (χ1n) is 18.7. The highest BCUT2D eigenvalue weighted by molar-refractivity contribution is 6.04. The zero-order chi connectivity index (χ0) is 35.6. The van der Waals surface area contributed by atoms with E-state index in [2.05, 4.69) is 158 Å². The van der Waals surface area contributed by atoms with Crippen molar-refractivity contribution in [2.24, 2.45) is 0 Å². The number of benzene rings is 7. The summed E-state index contributed by atoms with van der Waals surface area (Å²) in [6, 6.07) is 60.4. The van der Waals surface area contributed by atoms with E-state index in [1.54, 1.807) is 0 Å². The van der Waals surface area contributed by atoms with Crippen LogP contribution in [0.3, 0.4) is 0 Å². The number of aromatic nitrogens is 2. The van der Waals surface area contributed by atoms with Gasteiger partial charge in [0.2, 0.25) is 0 Å². The van der Waals surface area contributed by atoms with Crippen LogP contribution >= 0.6 is 0 Å². The molecule has 1 unspecified atom stereocenters. The number of nitrogens with zero attached hydrogens (tertiary/aromatic N) is 2. The Labute approximate surface area is 314 Å². The summed E-state index contributed by atoms with van der Waals surface area (Å²) in [5.41, 5.74) is 14.5. The highest BCUT2D eigenvalue weighted by Gasteiger charge is 2.52. The Morgan fingerprint density at radius 2 is 1.20 bits per heavy atom. The summed E-state index contributed by atoms with van der Waals surface area (Å²) < 4.78 is 6.94. The smallest absolute Gasteiger partial charge is 0.160 e. The fraction of sp³-hybridized carbons (Fsp3) is 0.0588. The molecule has 8 aromatic rings. The van der Waals surface area contributed by atoms with Gasteiger partial charge in [-0.3, -0.25) is 0 Å². The van der Waals surface area contributed by atoms with Crippen molar-refractivity contribution in [2.75, 3.05) is 0 Å². The molecular formula is C51H34N2O. The fourth-order valence-electron chi connectivity index (χ4n) is 9.18. The molecule has 3 heteroatoms. The first-order valence-corrected chi connectivity index (χ1v) is 18.7. The molecule has 1 spiro atoms. The van der Waals surface area contributed by atoms with E-state index >= 15 is 0 Å². The van der Waals surface area contributed by atoms with Crippen molar-refractivity contribution in [2.45, 2.75) is 18.3 Å². The Morgan fingerprint density at radius 3 is 2.07 bits per heavy atom. The Hall–Kier alpha value is -6.84. The average molecular weight is 691 g/mol. The molecule has 0 saturated carbocycles. The van der Waals surface area contributed by atoms with Gasteiger partial charge >= 0.3 is 0 Å². The number of hydrogen-bond acceptors (Lipinski definition) is 3. The van der Waals surface area contributed by atoms with Gasteiger partial charge in [0.15, 0.2) is 5.82 Å². The lowest BCUT2D eigenvalue weighted by atomic mass is 9.64. The van der Waals surface area contributed by atoms with Gasteiger partial charge in [-0.25, -0.2) is 9.97 Å². The van der Waals surface area contributed by atoms with Crippen molar-refractivity contribution in [3.63, 3.8) is 0 Å². The molecule has 1 atom stereocenters. The maximum absolute atomic E-state index is 6.94. The lowest BCUT2D eigenvalue weighted by Gasteiger charge is -2.41. The molecule has 0 N–H and O–H groups in total. The molecule has 2 heterocycles. The highest BCUT2D eigenvalue weighted by Crippen LogP contribution is 2.63. The van der Waals surface area contributed by atoms with Crippen molar-refractivity contribution >= 4 is 16.3 Å². The lowest BCUT2D eigenvalue weighted by Crippen LogP contribution is -2.33. The summed E-state index contributed by atoms with van der Waals surface area (Å²) in [5.74, 6) is 2.50. The second-order valence-electron chi connectivity index (χ2n) is 14.3. The van der Waals surface area contributed by atoms with Gasteiger partial charge in [-0.1, -0.05) is 164 Å². The molecule has 254 valence electrons. The molecule has 0 saturated heterocycles. The van der Waals surface area contributed by atoms with Crippen LogP contribution in [0, 0.1) is 0 Å². The second-order valence-corrected chi connectivity index (χ2v) is 14.3. The molecule has 54 heavy (non-hydrogen) atoms. The van der Waals surface area contributed by atoms with Crippen LogP contribution in [-0.2, 0) is 5.41 Å². The predicted molar refractivity (Wildman–Crippen MR) is 219 cm³/mol. The summed E-state index contributed by atoms with van der Waals surface area (Å²) >= 11 is 0. The third kappa shape index (κ3) is 4.55. The van der Waals surface area contributed by atoms with Crippen LogP contribution in [-0.4, -0.2) is 9.97 Å². The van der Waals surface area contributed by atoms with E-state index in [4.69, 9.17) is 14.7 Å². The third-order valence-electron chi connectivity index (χ3n) is 11.5. The number of ether oxygens (including phenoxy) is 1. The third-order valence-corrected chi connectivity index (χ3v) is 11.5. The molecule has 1 aliphatic heterocycles. The average Bonchev–Trinajstić information content (AvgIpc) is 3.54. The predicted octanol–water partition coefficient (Wildman–Crippen LogP) is 12.9. The van der Waals surface area contributed by atoms with Crippen molar-refractivity contribution in [1.82, 2.24) is 9.97 Å². The van der Waals surface area contributed by atoms with E-state index < -0.39 is 5.41 Å². The van der Waals surface area contributed by atoms with Gasteiger partial charge in [0.1, 0.15) is 11.5 Å². The van der Waals surface area contributed by atoms with Crippen molar-refractivity contribution in [3.05, 3.63) is 210 Å². The van der Waals surface area contributed by atoms with Crippen LogP contribution in [0.4, 0.5) is 0 Å². The minimum Gasteiger partial charge on any atom is -0.457 e. The minimum absolute atomic E-state index is 0.423. The maximum Gasteiger partial charge on any atom is 0.160 e. The van der Waals surface area contributed by atoms with Crippen molar-refractivity contribution < 1.29 is 4.74 Å². The molecule has 2 aliphatic carbocycles. The molecule has 3 nitrogen and oxygen atoms in total. The van der Waals surface area contributed by atoms with Crippen LogP contribution < -0.4 is 4.74 Å². The van der Waals surface area contributed by atoms with Crippen LogP contribution in [0.2, 0.25) is 0 Å². The first-order chi connectivity index (χ1) is 26.8. The standard InChI is InChI=1S/C51H34N2O/c1-3-16-34(17-4-1)45-32-46(53-50(52-45)35-18-5-2-6-19-35)49-37-20-8-7-15-33(37)27-29-38(49)36-28-30-44-48(31-36)54-47-26-14-13-25-43(47)51(44)41-23-11-9-21-39(41)40-22-10-12-24-42(40)51/h1-11,13-23,25-32H,12,24H2. The van der Waals surface area contributed by atoms with Gasteiger partial charge in [0.05, 0.1) is 16.8 Å². The summed E-state index contributed by atoms with van der Waals surface area (Å²) in [6.07, 6.45) is 6.70. The maximum atomic E-state index is 6.94. The van der Waals surface area contributed by atoms with Gasteiger partial charge in [0.25, 0.3) is 0 Å². The van der Waals surface area contributed by atoms with Crippen LogP contribution in [0.25, 0.3) is 61.4 Å². The first kappa shape index (κ1) is 30.8. The molecule has 0 amide bonds. The molecule has 11 rings (SSSR count). The van der Waals surface area contributed by atoms with Crippen LogP contribution in [0.5, 0.6) is 11.5 Å². The van der Waals surface area contributed by atoms with E-state index in [1.165, 1.54) is 33.4 Å². The van der Waals surface area contributed by atoms with Gasteiger partial charge < -0.3 is 4.74 Å². The Bertz CT molecular complexity index is 2800. The summed E-state index contributed by atoms with van der Waals surface area (Å²) in [5, 5.41) is 2.30. The molecule has 7 aromatic carbocycles. The molecule has 1 aromatic heterocycles. The number of allylic oxidation sites excluding steroid dienone is 4. The zero-order valence-corrected chi connectivity index (χ0v) is 29.5. The molecular weight excluding hydrogens is 657 g/mol. The van der Waals surface area contributed by atoms with Crippen molar-refractivity contribution in [3.8, 4) is 56.5 Å². The molecule has 3 aliphatic rings. The normalized spacial score (nSPS) is 16.4. The van der Waals surface area contributed by atoms with Gasteiger partial charge in [0, 0.05) is 27.8 Å². The number of hydrogen-bond donors (Lipinski definition) is 0. The summed E-state index contributed by atoms with van der Waals surface area (Å²) in [4.78, 5) is 10.4. The quantitative estimate of drug-likeness (QED) is 0.184. The number of rotatable bonds is 4. The van der Waals surface area contributed by atoms with Crippen LogP contribution in [0.15, 0.2) is 188 Å².